The third kappa shape index (κ3) is 5.45. The molecule has 3 aromatic rings. The van der Waals surface area contributed by atoms with Crippen LogP contribution in [-0.2, 0) is 0 Å². The number of methoxy groups -OCH3 is 1. The number of amides is 3. The molecule has 0 radical (unpaired) electrons. The summed E-state index contributed by atoms with van der Waals surface area (Å²) in [6.07, 6.45) is 0. The number of hydrogen-bond donors (Lipinski definition) is 3. The second-order valence-electron chi connectivity index (χ2n) is 6.18. The summed E-state index contributed by atoms with van der Waals surface area (Å²) in [6.45, 7) is 0. The summed E-state index contributed by atoms with van der Waals surface area (Å²) < 4.78 is 5.95. The van der Waals surface area contributed by atoms with Gasteiger partial charge in [-0.1, -0.05) is 28.1 Å². The number of hydrazine groups is 1. The Morgan fingerprint density at radius 3 is 1.97 bits per heavy atom. The molecule has 8 heteroatoms. The molecule has 0 saturated carbocycles. The van der Waals surface area contributed by atoms with Crippen LogP contribution in [0.3, 0.4) is 0 Å². The summed E-state index contributed by atoms with van der Waals surface area (Å²) in [5.74, 6) is -0.775. The fraction of sp³-hybridized carbons (Fsp3) is 0.0455. The van der Waals surface area contributed by atoms with Crippen molar-refractivity contribution in [2.75, 3.05) is 12.4 Å². The Balaban J connectivity index is 1.62. The lowest BCUT2D eigenvalue weighted by atomic mass is 10.1. The summed E-state index contributed by atoms with van der Waals surface area (Å²) in [4.78, 5) is 36.9. The topological polar surface area (TPSA) is 96.5 Å². The van der Waals surface area contributed by atoms with E-state index in [4.69, 9.17) is 4.74 Å². The number of halogens is 1. The van der Waals surface area contributed by atoms with Crippen molar-refractivity contribution in [2.45, 2.75) is 0 Å². The number of carbonyl (C=O) groups is 3. The molecule has 0 aliphatic heterocycles. The molecule has 3 N–H and O–H groups in total. The van der Waals surface area contributed by atoms with Crippen LogP contribution < -0.4 is 20.9 Å². The van der Waals surface area contributed by atoms with Gasteiger partial charge in [-0.05, 0) is 60.7 Å². The fourth-order valence-electron chi connectivity index (χ4n) is 2.56. The molecule has 0 aliphatic rings. The lowest BCUT2D eigenvalue weighted by Gasteiger charge is -2.10. The molecule has 0 spiro atoms. The summed E-state index contributed by atoms with van der Waals surface area (Å²) >= 11 is 3.32. The van der Waals surface area contributed by atoms with Gasteiger partial charge in [0, 0.05) is 26.9 Å². The highest BCUT2D eigenvalue weighted by Crippen LogP contribution is 2.15. The Kier molecular flexibility index (Phi) is 6.82. The molecule has 152 valence electrons. The molecule has 0 aliphatic carbocycles. The average Bonchev–Trinajstić information content (AvgIpc) is 2.77. The number of anilines is 1. The predicted molar refractivity (Wildman–Crippen MR) is 116 cm³/mol. The van der Waals surface area contributed by atoms with Gasteiger partial charge in [-0.25, -0.2) is 0 Å². The average molecular weight is 468 g/mol. The van der Waals surface area contributed by atoms with E-state index in [1.54, 1.807) is 66.7 Å². The summed E-state index contributed by atoms with van der Waals surface area (Å²) in [7, 11) is 1.50. The van der Waals surface area contributed by atoms with E-state index in [2.05, 4.69) is 32.1 Å². The van der Waals surface area contributed by atoms with E-state index in [9.17, 15) is 14.4 Å². The van der Waals surface area contributed by atoms with Crippen molar-refractivity contribution in [1.82, 2.24) is 10.9 Å². The maximum atomic E-state index is 12.4. The molecule has 3 rings (SSSR count). The minimum absolute atomic E-state index is 0.273. The first-order valence-corrected chi connectivity index (χ1v) is 9.67. The normalized spacial score (nSPS) is 10.1. The number of hydrogen-bond acceptors (Lipinski definition) is 4. The van der Waals surface area contributed by atoms with Gasteiger partial charge in [0.1, 0.15) is 5.75 Å². The summed E-state index contributed by atoms with van der Waals surface area (Å²) in [5.41, 5.74) is 6.26. The van der Waals surface area contributed by atoms with Crippen LogP contribution in [0.5, 0.6) is 5.75 Å². The first-order chi connectivity index (χ1) is 14.5. The zero-order chi connectivity index (χ0) is 21.5. The van der Waals surface area contributed by atoms with Gasteiger partial charge in [0.25, 0.3) is 17.7 Å². The van der Waals surface area contributed by atoms with E-state index >= 15 is 0 Å². The predicted octanol–water partition coefficient (Wildman–Crippen LogP) is 3.78. The summed E-state index contributed by atoms with van der Waals surface area (Å²) in [6, 6.07) is 19.8. The van der Waals surface area contributed by atoms with Gasteiger partial charge in [-0.3, -0.25) is 25.2 Å². The first-order valence-electron chi connectivity index (χ1n) is 8.88. The molecular formula is C22H18BrN3O4. The van der Waals surface area contributed by atoms with Crippen molar-refractivity contribution in [3.05, 3.63) is 94.0 Å². The second kappa shape index (κ2) is 9.71. The van der Waals surface area contributed by atoms with Gasteiger partial charge in [0.05, 0.1) is 7.11 Å². The molecule has 7 nitrogen and oxygen atoms in total. The summed E-state index contributed by atoms with van der Waals surface area (Å²) in [5, 5.41) is 2.74. The Labute approximate surface area is 181 Å². The van der Waals surface area contributed by atoms with E-state index < -0.39 is 11.8 Å². The minimum atomic E-state index is -0.522. The molecule has 0 atom stereocenters. The van der Waals surface area contributed by atoms with Crippen LogP contribution in [0.1, 0.15) is 31.1 Å². The van der Waals surface area contributed by atoms with Crippen LogP contribution in [-0.4, -0.2) is 24.8 Å². The smallest absolute Gasteiger partial charge is 0.269 e. The van der Waals surface area contributed by atoms with Crippen molar-refractivity contribution in [3.8, 4) is 5.75 Å². The van der Waals surface area contributed by atoms with Crippen molar-refractivity contribution >= 4 is 39.3 Å². The standard InChI is InChI=1S/C22H18BrN3O4/c1-30-19-7-3-5-16(13-19)22(29)26-25-21(28)15-4-2-6-18(12-15)24-20(27)14-8-10-17(23)11-9-14/h2-13H,1H3,(H,24,27)(H,25,28)(H,26,29). The van der Waals surface area contributed by atoms with Crippen LogP contribution in [0.2, 0.25) is 0 Å². The Morgan fingerprint density at radius 1 is 0.733 bits per heavy atom. The van der Waals surface area contributed by atoms with Gasteiger partial charge in [0.15, 0.2) is 0 Å². The lowest BCUT2D eigenvalue weighted by molar-refractivity contribution is 0.0846. The maximum Gasteiger partial charge on any atom is 0.269 e. The number of rotatable bonds is 5. The van der Waals surface area contributed by atoms with Crippen molar-refractivity contribution < 1.29 is 19.1 Å². The quantitative estimate of drug-likeness (QED) is 0.497. The van der Waals surface area contributed by atoms with Crippen molar-refractivity contribution in [2.24, 2.45) is 0 Å². The highest BCUT2D eigenvalue weighted by Gasteiger charge is 2.12. The van der Waals surface area contributed by atoms with Gasteiger partial charge in [0.2, 0.25) is 0 Å². The number of benzene rings is 3. The molecule has 0 saturated heterocycles. The lowest BCUT2D eigenvalue weighted by Crippen LogP contribution is -2.41. The number of carbonyl (C=O) groups excluding carboxylic acids is 3. The van der Waals surface area contributed by atoms with E-state index in [-0.39, 0.29) is 11.5 Å². The molecular weight excluding hydrogens is 450 g/mol. The van der Waals surface area contributed by atoms with Gasteiger partial charge >= 0.3 is 0 Å². The molecule has 0 fully saturated rings. The zero-order valence-electron chi connectivity index (χ0n) is 15.9. The van der Waals surface area contributed by atoms with Crippen molar-refractivity contribution in [3.63, 3.8) is 0 Å². The van der Waals surface area contributed by atoms with Crippen LogP contribution >= 0.6 is 15.9 Å². The van der Waals surface area contributed by atoms with Gasteiger partial charge < -0.3 is 10.1 Å². The monoisotopic (exact) mass is 467 g/mol. The van der Waals surface area contributed by atoms with Crippen LogP contribution in [0.15, 0.2) is 77.3 Å². The molecule has 3 aromatic carbocycles. The molecule has 30 heavy (non-hydrogen) atoms. The Hall–Kier alpha value is -3.65. The second-order valence-corrected chi connectivity index (χ2v) is 7.10. The van der Waals surface area contributed by atoms with Crippen LogP contribution in [0.25, 0.3) is 0 Å². The highest BCUT2D eigenvalue weighted by atomic mass is 79.9. The van der Waals surface area contributed by atoms with E-state index in [0.717, 1.165) is 4.47 Å². The molecule has 3 amide bonds. The third-order valence-electron chi connectivity index (χ3n) is 4.11. The van der Waals surface area contributed by atoms with Gasteiger partial charge in [-0.2, -0.15) is 0 Å². The van der Waals surface area contributed by atoms with E-state index in [1.807, 2.05) is 0 Å². The van der Waals surface area contributed by atoms with Crippen LogP contribution in [0.4, 0.5) is 5.69 Å². The van der Waals surface area contributed by atoms with Crippen LogP contribution in [0, 0.1) is 0 Å². The van der Waals surface area contributed by atoms with E-state index in [0.29, 0.717) is 22.6 Å². The fourth-order valence-corrected chi connectivity index (χ4v) is 2.83. The largest absolute Gasteiger partial charge is 0.497 e. The SMILES string of the molecule is COc1cccc(C(=O)NNC(=O)c2cccc(NC(=O)c3ccc(Br)cc3)c2)c1. The molecule has 0 heterocycles. The zero-order valence-corrected chi connectivity index (χ0v) is 17.5. The third-order valence-corrected chi connectivity index (χ3v) is 4.64. The molecule has 0 aromatic heterocycles. The Morgan fingerprint density at radius 2 is 1.33 bits per heavy atom. The van der Waals surface area contributed by atoms with E-state index in [1.165, 1.54) is 13.2 Å². The number of nitrogens with one attached hydrogen (secondary N) is 3. The molecule has 0 unspecified atom stereocenters. The first kappa shape index (κ1) is 21.1. The van der Waals surface area contributed by atoms with Gasteiger partial charge in [-0.15, -0.1) is 0 Å². The Bertz CT molecular complexity index is 1080. The minimum Gasteiger partial charge on any atom is -0.497 e. The van der Waals surface area contributed by atoms with Crippen molar-refractivity contribution in [1.29, 1.82) is 0 Å². The highest BCUT2D eigenvalue weighted by molar-refractivity contribution is 9.10. The molecule has 0 bridgehead atoms. The number of ether oxygens (including phenoxy) is 1. The maximum absolute atomic E-state index is 12.4.